The minimum atomic E-state index is 0.0477. The molecule has 0 spiro atoms. The van der Waals surface area contributed by atoms with Gasteiger partial charge in [0.2, 0.25) is 5.91 Å². The van der Waals surface area contributed by atoms with Crippen molar-refractivity contribution in [2.75, 3.05) is 26.2 Å². The molecule has 3 heteroatoms. The summed E-state index contributed by atoms with van der Waals surface area (Å²) in [7, 11) is 0. The maximum absolute atomic E-state index is 12.5. The van der Waals surface area contributed by atoms with Crippen molar-refractivity contribution in [2.45, 2.75) is 32.6 Å². The predicted molar refractivity (Wildman–Crippen MR) is 63.0 cm³/mol. The second-order valence-corrected chi connectivity index (χ2v) is 5.88. The van der Waals surface area contributed by atoms with Gasteiger partial charge in [-0.2, -0.15) is 0 Å². The quantitative estimate of drug-likeness (QED) is 0.762. The van der Waals surface area contributed by atoms with Crippen LogP contribution < -0.4 is 5.32 Å². The van der Waals surface area contributed by atoms with E-state index >= 15 is 0 Å². The summed E-state index contributed by atoms with van der Waals surface area (Å²) in [6, 6.07) is 0. The molecule has 2 atom stereocenters. The molecule has 0 radical (unpaired) electrons. The topological polar surface area (TPSA) is 32.3 Å². The van der Waals surface area contributed by atoms with Gasteiger partial charge in [0.05, 0.1) is 0 Å². The molecule has 2 aliphatic heterocycles. The van der Waals surface area contributed by atoms with Gasteiger partial charge in [-0.1, -0.05) is 13.3 Å². The zero-order chi connectivity index (χ0) is 11.2. The van der Waals surface area contributed by atoms with Gasteiger partial charge in [-0.15, -0.1) is 0 Å². The molecule has 3 fully saturated rings. The summed E-state index contributed by atoms with van der Waals surface area (Å²) < 4.78 is 0. The fraction of sp³-hybridized carbons (Fsp3) is 0.923. The van der Waals surface area contributed by atoms with Crippen LogP contribution in [-0.4, -0.2) is 37.0 Å². The number of hydrogen-bond acceptors (Lipinski definition) is 2. The van der Waals surface area contributed by atoms with Gasteiger partial charge >= 0.3 is 0 Å². The second kappa shape index (κ2) is 3.73. The summed E-state index contributed by atoms with van der Waals surface area (Å²) in [5.74, 6) is 1.94. The fourth-order valence-electron chi connectivity index (χ4n) is 3.68. The maximum atomic E-state index is 12.5. The number of amides is 1. The van der Waals surface area contributed by atoms with Crippen LogP contribution in [0.3, 0.4) is 0 Å². The molecule has 2 saturated heterocycles. The van der Waals surface area contributed by atoms with Crippen molar-refractivity contribution in [3.8, 4) is 0 Å². The minimum absolute atomic E-state index is 0.0477. The van der Waals surface area contributed by atoms with E-state index in [9.17, 15) is 4.79 Å². The molecule has 1 amide bonds. The first kappa shape index (κ1) is 10.6. The molecular weight excluding hydrogens is 200 g/mol. The average Bonchev–Trinajstić information content (AvgIpc) is 2.75. The van der Waals surface area contributed by atoms with Gasteiger partial charge in [-0.05, 0) is 31.1 Å². The van der Waals surface area contributed by atoms with E-state index in [1.54, 1.807) is 0 Å². The van der Waals surface area contributed by atoms with Crippen molar-refractivity contribution in [1.82, 2.24) is 10.2 Å². The maximum Gasteiger partial charge on any atom is 0.228 e. The first-order valence-electron chi connectivity index (χ1n) is 6.75. The highest BCUT2D eigenvalue weighted by atomic mass is 16.2. The van der Waals surface area contributed by atoms with Crippen molar-refractivity contribution < 1.29 is 4.79 Å². The van der Waals surface area contributed by atoms with Crippen LogP contribution in [0.5, 0.6) is 0 Å². The lowest BCUT2D eigenvalue weighted by molar-refractivity contribution is -0.147. The number of rotatable bonds is 2. The molecule has 0 aromatic rings. The number of fused-ring (bicyclic) bond motifs is 1. The van der Waals surface area contributed by atoms with E-state index in [4.69, 9.17) is 0 Å². The summed E-state index contributed by atoms with van der Waals surface area (Å²) in [5.41, 5.74) is 0.0477. The third kappa shape index (κ3) is 1.41. The lowest BCUT2D eigenvalue weighted by Crippen LogP contribution is -2.47. The molecule has 3 rings (SSSR count). The SMILES string of the molecule is CCC1(C(=O)N2C[C@H]3CNC[C@H]3C2)CCC1. The third-order valence-corrected chi connectivity index (χ3v) is 5.12. The molecule has 2 heterocycles. The second-order valence-electron chi connectivity index (χ2n) is 5.88. The summed E-state index contributed by atoms with van der Waals surface area (Å²) in [6.07, 6.45) is 4.55. The van der Waals surface area contributed by atoms with E-state index < -0.39 is 0 Å². The molecule has 0 unspecified atom stereocenters. The Labute approximate surface area is 97.6 Å². The molecule has 3 nitrogen and oxygen atoms in total. The zero-order valence-corrected chi connectivity index (χ0v) is 10.2. The summed E-state index contributed by atoms with van der Waals surface area (Å²) in [4.78, 5) is 14.7. The number of likely N-dealkylation sites (tertiary alicyclic amines) is 1. The first-order chi connectivity index (χ1) is 7.75. The molecule has 1 aliphatic carbocycles. The van der Waals surface area contributed by atoms with Crippen LogP contribution in [0.25, 0.3) is 0 Å². The van der Waals surface area contributed by atoms with E-state index in [-0.39, 0.29) is 5.41 Å². The van der Waals surface area contributed by atoms with E-state index in [1.807, 2.05) is 0 Å². The fourth-order valence-corrected chi connectivity index (χ4v) is 3.68. The van der Waals surface area contributed by atoms with Crippen molar-refractivity contribution in [1.29, 1.82) is 0 Å². The van der Waals surface area contributed by atoms with E-state index in [0.29, 0.717) is 5.91 Å². The summed E-state index contributed by atoms with van der Waals surface area (Å²) in [6.45, 7) is 6.44. The van der Waals surface area contributed by atoms with Gasteiger partial charge in [0.1, 0.15) is 0 Å². The molecule has 0 aromatic carbocycles. The standard InChI is InChI=1S/C13H22N2O/c1-2-13(4-3-5-13)12(16)15-8-10-6-14-7-11(10)9-15/h10-11,14H,2-9H2,1H3/t10-,11+. The Bertz CT molecular complexity index is 281. The smallest absolute Gasteiger partial charge is 0.228 e. The van der Waals surface area contributed by atoms with E-state index in [1.165, 1.54) is 6.42 Å². The Morgan fingerprint density at radius 3 is 2.38 bits per heavy atom. The van der Waals surface area contributed by atoms with Crippen LogP contribution >= 0.6 is 0 Å². The minimum Gasteiger partial charge on any atom is -0.342 e. The van der Waals surface area contributed by atoms with Gasteiger partial charge in [0, 0.05) is 31.6 Å². The highest BCUT2D eigenvalue weighted by Gasteiger charge is 2.48. The van der Waals surface area contributed by atoms with Crippen LogP contribution in [0.15, 0.2) is 0 Å². The number of hydrogen-bond donors (Lipinski definition) is 1. The molecule has 90 valence electrons. The molecule has 3 aliphatic rings. The Balaban J connectivity index is 1.68. The molecule has 1 saturated carbocycles. The first-order valence-corrected chi connectivity index (χ1v) is 6.75. The number of nitrogens with zero attached hydrogens (tertiary/aromatic N) is 1. The highest BCUT2D eigenvalue weighted by Crippen LogP contribution is 2.46. The lowest BCUT2D eigenvalue weighted by Gasteiger charge is -2.42. The molecular formula is C13H22N2O. The average molecular weight is 222 g/mol. The Hall–Kier alpha value is -0.570. The number of nitrogens with one attached hydrogen (secondary N) is 1. The Morgan fingerprint density at radius 1 is 1.31 bits per heavy atom. The predicted octanol–water partition coefficient (Wildman–Crippen LogP) is 1.24. The van der Waals surface area contributed by atoms with Gasteiger partial charge in [-0.3, -0.25) is 4.79 Å². The normalized spacial score (nSPS) is 35.9. The van der Waals surface area contributed by atoms with Gasteiger partial charge < -0.3 is 10.2 Å². The van der Waals surface area contributed by atoms with Crippen molar-refractivity contribution in [2.24, 2.45) is 17.3 Å². The largest absolute Gasteiger partial charge is 0.342 e. The van der Waals surface area contributed by atoms with E-state index in [2.05, 4.69) is 17.1 Å². The zero-order valence-electron chi connectivity index (χ0n) is 10.2. The monoisotopic (exact) mass is 222 g/mol. The van der Waals surface area contributed by atoms with Gasteiger partial charge in [0.15, 0.2) is 0 Å². The molecule has 1 N–H and O–H groups in total. The Morgan fingerprint density at radius 2 is 1.94 bits per heavy atom. The highest BCUT2D eigenvalue weighted by molar-refractivity contribution is 5.83. The van der Waals surface area contributed by atoms with Crippen LogP contribution in [0, 0.1) is 17.3 Å². The van der Waals surface area contributed by atoms with Crippen LogP contribution in [0.1, 0.15) is 32.6 Å². The van der Waals surface area contributed by atoms with Crippen LogP contribution in [-0.2, 0) is 4.79 Å². The van der Waals surface area contributed by atoms with Crippen molar-refractivity contribution in [3.63, 3.8) is 0 Å². The lowest BCUT2D eigenvalue weighted by atomic mass is 9.66. The molecule has 0 bridgehead atoms. The van der Waals surface area contributed by atoms with Gasteiger partial charge in [-0.25, -0.2) is 0 Å². The van der Waals surface area contributed by atoms with Crippen LogP contribution in [0.4, 0.5) is 0 Å². The van der Waals surface area contributed by atoms with E-state index in [0.717, 1.165) is 57.3 Å². The Kier molecular flexibility index (Phi) is 2.46. The van der Waals surface area contributed by atoms with Crippen molar-refractivity contribution >= 4 is 5.91 Å². The molecule has 0 aromatic heterocycles. The molecule has 16 heavy (non-hydrogen) atoms. The van der Waals surface area contributed by atoms with Crippen LogP contribution in [0.2, 0.25) is 0 Å². The van der Waals surface area contributed by atoms with Crippen molar-refractivity contribution in [3.05, 3.63) is 0 Å². The number of carbonyl (C=O) groups excluding carboxylic acids is 1. The number of carbonyl (C=O) groups is 1. The van der Waals surface area contributed by atoms with Gasteiger partial charge in [0.25, 0.3) is 0 Å². The summed E-state index contributed by atoms with van der Waals surface area (Å²) in [5, 5.41) is 3.43. The third-order valence-electron chi connectivity index (χ3n) is 5.12. The summed E-state index contributed by atoms with van der Waals surface area (Å²) >= 11 is 0.